The molecule has 0 aliphatic heterocycles. The average Bonchev–Trinajstić information content (AvgIpc) is 2.47. The van der Waals surface area contributed by atoms with E-state index in [0.717, 1.165) is 0 Å². The van der Waals surface area contributed by atoms with Gasteiger partial charge in [0.05, 0.1) is 5.71 Å². The van der Waals surface area contributed by atoms with Crippen molar-refractivity contribution >= 4 is 23.2 Å². The van der Waals surface area contributed by atoms with Crippen LogP contribution < -0.4 is 5.32 Å². The maximum absolute atomic E-state index is 12.8. The van der Waals surface area contributed by atoms with E-state index < -0.39 is 6.03 Å². The van der Waals surface area contributed by atoms with E-state index in [-0.39, 0.29) is 16.6 Å². The zero-order valence-electron chi connectivity index (χ0n) is 15.8. The number of allylic oxidation sites excluding steroid dienone is 4. The fourth-order valence-electron chi connectivity index (χ4n) is 2.58. The molecule has 25 heavy (non-hydrogen) atoms. The fraction of sp³-hybridized carbons (Fsp3) is 0.381. The zero-order chi connectivity index (χ0) is 18.8. The van der Waals surface area contributed by atoms with Crippen molar-refractivity contribution in [2.24, 2.45) is 15.8 Å². The Hall–Kier alpha value is -2.49. The van der Waals surface area contributed by atoms with Gasteiger partial charge in [-0.1, -0.05) is 59.7 Å². The quantitative estimate of drug-likeness (QED) is 0.717. The smallest absolute Gasteiger partial charge is 0.306 e. The number of hydrogen-bond acceptors (Lipinski definition) is 2. The SMILES string of the molecule is CC(C)(C)C1=CC(=NC(=O)Nc2ccccc2)C=C(C(C)(C)C)C1=O. The lowest BCUT2D eigenvalue weighted by molar-refractivity contribution is -0.114. The first-order valence-electron chi connectivity index (χ1n) is 8.42. The standard InChI is InChI=1S/C21H26N2O2/c1-20(2,3)16-12-15(13-17(18(16)24)21(4,5)6)23-19(25)22-14-10-8-7-9-11-14/h7-13H,1-6H3,(H,22,25). The monoisotopic (exact) mass is 338 g/mol. The number of carbonyl (C=O) groups excluding carboxylic acids is 2. The Morgan fingerprint density at radius 1 is 0.880 bits per heavy atom. The highest BCUT2D eigenvalue weighted by Gasteiger charge is 2.34. The normalized spacial score (nSPS) is 15.4. The molecule has 0 spiro atoms. The summed E-state index contributed by atoms with van der Waals surface area (Å²) in [5, 5.41) is 2.74. The van der Waals surface area contributed by atoms with Crippen LogP contribution >= 0.6 is 0 Å². The maximum Gasteiger partial charge on any atom is 0.345 e. The van der Waals surface area contributed by atoms with Crippen LogP contribution in [0.4, 0.5) is 10.5 Å². The summed E-state index contributed by atoms with van der Waals surface area (Å²) in [6, 6.07) is 8.72. The van der Waals surface area contributed by atoms with Gasteiger partial charge in [-0.15, -0.1) is 0 Å². The highest BCUT2D eigenvalue weighted by molar-refractivity contribution is 6.24. The third-order valence-corrected chi connectivity index (χ3v) is 3.95. The molecular formula is C21H26N2O2. The minimum absolute atomic E-state index is 0.0300. The number of rotatable bonds is 1. The summed E-state index contributed by atoms with van der Waals surface area (Å²) in [5.41, 5.74) is 1.89. The van der Waals surface area contributed by atoms with Crippen LogP contribution in [0.15, 0.2) is 58.6 Å². The molecule has 0 atom stereocenters. The van der Waals surface area contributed by atoms with E-state index >= 15 is 0 Å². The van der Waals surface area contributed by atoms with E-state index in [0.29, 0.717) is 22.5 Å². The molecule has 0 aromatic heterocycles. The summed E-state index contributed by atoms with van der Waals surface area (Å²) < 4.78 is 0. The first kappa shape index (κ1) is 18.8. The van der Waals surface area contributed by atoms with Gasteiger partial charge in [-0.25, -0.2) is 4.79 Å². The van der Waals surface area contributed by atoms with Gasteiger partial charge in [0.15, 0.2) is 5.78 Å². The molecule has 0 fully saturated rings. The second-order valence-corrected chi connectivity index (χ2v) is 8.28. The van der Waals surface area contributed by atoms with Crippen molar-refractivity contribution in [3.8, 4) is 0 Å². The van der Waals surface area contributed by atoms with Crippen molar-refractivity contribution in [3.63, 3.8) is 0 Å². The number of benzene rings is 1. The number of aliphatic imine (C=N–C) groups is 1. The van der Waals surface area contributed by atoms with Gasteiger partial charge in [0.2, 0.25) is 0 Å². The molecule has 0 bridgehead atoms. The van der Waals surface area contributed by atoms with Gasteiger partial charge < -0.3 is 5.32 Å². The zero-order valence-corrected chi connectivity index (χ0v) is 15.8. The Morgan fingerprint density at radius 3 is 1.80 bits per heavy atom. The van der Waals surface area contributed by atoms with Crippen LogP contribution in [-0.2, 0) is 4.79 Å². The van der Waals surface area contributed by atoms with E-state index in [1.165, 1.54) is 0 Å². The molecule has 4 heteroatoms. The van der Waals surface area contributed by atoms with Crippen molar-refractivity contribution in [2.75, 3.05) is 5.32 Å². The lowest BCUT2D eigenvalue weighted by atomic mass is 9.72. The van der Waals surface area contributed by atoms with E-state index in [2.05, 4.69) is 10.3 Å². The first-order valence-corrected chi connectivity index (χ1v) is 8.42. The summed E-state index contributed by atoms with van der Waals surface area (Å²) in [6.07, 6.45) is 3.45. The van der Waals surface area contributed by atoms with E-state index in [1.807, 2.05) is 59.7 Å². The number of para-hydroxylation sites is 1. The van der Waals surface area contributed by atoms with Crippen molar-refractivity contribution in [1.82, 2.24) is 0 Å². The minimum Gasteiger partial charge on any atom is -0.306 e. The second-order valence-electron chi connectivity index (χ2n) is 8.28. The van der Waals surface area contributed by atoms with Gasteiger partial charge in [0.25, 0.3) is 0 Å². The predicted octanol–water partition coefficient (Wildman–Crippen LogP) is 5.19. The Bertz CT molecular complexity index is 734. The van der Waals surface area contributed by atoms with Gasteiger partial charge >= 0.3 is 6.03 Å². The summed E-state index contributed by atoms with van der Waals surface area (Å²) in [6.45, 7) is 11.9. The largest absolute Gasteiger partial charge is 0.345 e. The molecule has 1 aliphatic rings. The number of Topliss-reactive ketones (excluding diaryl/α,β-unsaturated/α-hetero) is 1. The lowest BCUT2D eigenvalue weighted by Crippen LogP contribution is -2.29. The van der Waals surface area contributed by atoms with Crippen LogP contribution in [0.1, 0.15) is 41.5 Å². The van der Waals surface area contributed by atoms with Crippen molar-refractivity contribution in [3.05, 3.63) is 53.6 Å². The van der Waals surface area contributed by atoms with E-state index in [4.69, 9.17) is 0 Å². The number of amides is 2. The van der Waals surface area contributed by atoms with Crippen LogP contribution in [0, 0.1) is 10.8 Å². The van der Waals surface area contributed by atoms with Crippen LogP contribution in [0.25, 0.3) is 0 Å². The number of nitrogens with one attached hydrogen (secondary N) is 1. The molecule has 0 unspecified atom stereocenters. The molecule has 1 N–H and O–H groups in total. The molecule has 1 aromatic carbocycles. The number of ketones is 1. The molecule has 0 saturated heterocycles. The molecular weight excluding hydrogens is 312 g/mol. The summed E-state index contributed by atoms with van der Waals surface area (Å²) in [4.78, 5) is 29.2. The fourth-order valence-corrected chi connectivity index (χ4v) is 2.58. The van der Waals surface area contributed by atoms with E-state index in [9.17, 15) is 9.59 Å². The molecule has 2 amide bonds. The van der Waals surface area contributed by atoms with Gasteiger partial charge in [0.1, 0.15) is 0 Å². The maximum atomic E-state index is 12.8. The highest BCUT2D eigenvalue weighted by atomic mass is 16.2. The van der Waals surface area contributed by atoms with E-state index in [1.54, 1.807) is 24.3 Å². The Kier molecular flexibility index (Phi) is 5.12. The number of urea groups is 1. The van der Waals surface area contributed by atoms with Gasteiger partial charge in [-0.3, -0.25) is 4.79 Å². The average molecular weight is 338 g/mol. The minimum atomic E-state index is -0.454. The van der Waals surface area contributed by atoms with Crippen LogP contribution in [0.5, 0.6) is 0 Å². The number of nitrogens with zero attached hydrogens (tertiary/aromatic N) is 1. The molecule has 0 saturated carbocycles. The third kappa shape index (κ3) is 4.75. The molecule has 1 aliphatic carbocycles. The van der Waals surface area contributed by atoms with Gasteiger partial charge in [-0.2, -0.15) is 4.99 Å². The summed E-state index contributed by atoms with van der Waals surface area (Å²) in [7, 11) is 0. The molecule has 0 radical (unpaired) electrons. The van der Waals surface area contributed by atoms with Crippen molar-refractivity contribution in [1.29, 1.82) is 0 Å². The first-order chi connectivity index (χ1) is 11.5. The van der Waals surface area contributed by atoms with Crippen LogP contribution in [0.3, 0.4) is 0 Å². The molecule has 1 aromatic rings. The van der Waals surface area contributed by atoms with Gasteiger partial charge in [-0.05, 0) is 35.1 Å². The Balaban J connectivity index is 2.39. The Morgan fingerprint density at radius 2 is 1.36 bits per heavy atom. The topological polar surface area (TPSA) is 58.5 Å². The Labute approximate surface area is 149 Å². The molecule has 0 heterocycles. The molecule has 2 rings (SSSR count). The van der Waals surface area contributed by atoms with Gasteiger partial charge in [0, 0.05) is 16.8 Å². The predicted molar refractivity (Wildman–Crippen MR) is 103 cm³/mol. The number of carbonyl (C=O) groups is 2. The second kappa shape index (κ2) is 6.79. The highest BCUT2D eigenvalue weighted by Crippen LogP contribution is 2.37. The lowest BCUT2D eigenvalue weighted by Gasteiger charge is -2.30. The van der Waals surface area contributed by atoms with Crippen molar-refractivity contribution < 1.29 is 9.59 Å². The van der Waals surface area contributed by atoms with Crippen LogP contribution in [-0.4, -0.2) is 17.5 Å². The number of hydrogen-bond donors (Lipinski definition) is 1. The molecule has 132 valence electrons. The molecule has 4 nitrogen and oxygen atoms in total. The van der Waals surface area contributed by atoms with Crippen LogP contribution in [0.2, 0.25) is 0 Å². The number of anilines is 1. The summed E-state index contributed by atoms with van der Waals surface area (Å²) in [5.74, 6) is 0.0300. The third-order valence-electron chi connectivity index (χ3n) is 3.95. The summed E-state index contributed by atoms with van der Waals surface area (Å²) >= 11 is 0. The van der Waals surface area contributed by atoms with Crippen molar-refractivity contribution in [2.45, 2.75) is 41.5 Å².